The first kappa shape index (κ1) is 19.0. The molecule has 0 saturated heterocycles. The zero-order chi connectivity index (χ0) is 14.6. The van der Waals surface area contributed by atoms with Crippen LogP contribution in [-0.4, -0.2) is 0 Å². The molecule has 0 spiro atoms. The van der Waals surface area contributed by atoms with E-state index < -0.39 is 0 Å². The van der Waals surface area contributed by atoms with E-state index in [4.69, 9.17) is 0 Å². The molecule has 1 aromatic rings. The predicted molar refractivity (Wildman–Crippen MR) is 88.1 cm³/mol. The zero-order valence-electron chi connectivity index (χ0n) is 13.5. The Bertz CT molecular complexity index is 448. The van der Waals surface area contributed by atoms with E-state index in [9.17, 15) is 0 Å². The minimum Gasteiger partial charge on any atom is -0.0871 e. The number of hydrogen-bond donors (Lipinski definition) is 0. The maximum absolute atomic E-state index is 2.24. The van der Waals surface area contributed by atoms with Crippen molar-refractivity contribution in [2.75, 3.05) is 0 Å². The van der Waals surface area contributed by atoms with Gasteiger partial charge in [-0.25, -0.2) is 0 Å². The molecule has 0 radical (unpaired) electrons. The van der Waals surface area contributed by atoms with E-state index in [-0.39, 0.29) is 0 Å². The van der Waals surface area contributed by atoms with Crippen molar-refractivity contribution in [1.82, 2.24) is 0 Å². The van der Waals surface area contributed by atoms with Gasteiger partial charge >= 0.3 is 0 Å². The van der Waals surface area contributed by atoms with Crippen LogP contribution in [0, 0.1) is 6.92 Å². The molecule has 0 bridgehead atoms. The predicted octanol–water partition coefficient (Wildman–Crippen LogP) is 4.68. The average molecular weight is 246 g/mol. The molecule has 0 atom stereocenters. The van der Waals surface area contributed by atoms with Crippen LogP contribution in [0.3, 0.4) is 0 Å². The maximum atomic E-state index is 2.24. The van der Waals surface area contributed by atoms with Gasteiger partial charge in [-0.1, -0.05) is 58.1 Å². The molecule has 1 rings (SSSR count). The molecule has 0 N–H and O–H groups in total. The van der Waals surface area contributed by atoms with E-state index in [0.717, 1.165) is 0 Å². The molecule has 0 unspecified atom stereocenters. The quantitative estimate of drug-likeness (QED) is 0.675. The highest BCUT2D eigenvalue weighted by Gasteiger charge is 1.93. The van der Waals surface area contributed by atoms with E-state index in [0.29, 0.717) is 0 Å². The highest BCUT2D eigenvalue weighted by Crippen LogP contribution is 2.04. The van der Waals surface area contributed by atoms with Crippen LogP contribution in [0.25, 0.3) is 18.2 Å². The summed E-state index contributed by atoms with van der Waals surface area (Å²) in [7, 11) is 0. The van der Waals surface area contributed by atoms with Crippen molar-refractivity contribution >= 4 is 18.2 Å². The fraction of sp³-hybridized carbons (Fsp3) is 0.444. The molecule has 102 valence electrons. The molecule has 0 aromatic heterocycles. The van der Waals surface area contributed by atoms with Crippen LogP contribution in [0.4, 0.5) is 0 Å². The summed E-state index contributed by atoms with van der Waals surface area (Å²) in [6.07, 6.45) is 8.54. The second-order valence-electron chi connectivity index (χ2n) is 3.42. The van der Waals surface area contributed by atoms with Gasteiger partial charge in [0.1, 0.15) is 0 Å². The van der Waals surface area contributed by atoms with Crippen LogP contribution >= 0.6 is 0 Å². The number of aryl methyl sites for hydroxylation is 1. The van der Waals surface area contributed by atoms with Gasteiger partial charge in [-0.3, -0.25) is 0 Å². The SMILES string of the molecule is C/C=C\c1cc(=C/C)/c(=C\C)cc1C.CC.CC. The second-order valence-corrected chi connectivity index (χ2v) is 3.42. The summed E-state index contributed by atoms with van der Waals surface area (Å²) in [6.45, 7) is 16.4. The first-order valence-corrected chi connectivity index (χ1v) is 7.09. The summed E-state index contributed by atoms with van der Waals surface area (Å²) in [4.78, 5) is 0. The number of rotatable bonds is 1. The Hall–Kier alpha value is -1.30. The lowest BCUT2D eigenvalue weighted by Crippen LogP contribution is -2.24. The van der Waals surface area contributed by atoms with Gasteiger partial charge in [0, 0.05) is 0 Å². The van der Waals surface area contributed by atoms with E-state index in [1.807, 2.05) is 27.7 Å². The molecule has 0 fully saturated rings. The van der Waals surface area contributed by atoms with Gasteiger partial charge in [-0.2, -0.15) is 0 Å². The Kier molecular flexibility index (Phi) is 12.9. The normalized spacial score (nSPS) is 11.8. The standard InChI is InChI=1S/C14H18.2C2H6/c1-5-8-14-10-13(7-3)12(6-2)9-11(14)4;2*1-2/h5-10H,1-4H3;2*1-2H3/b8-5-,12-6-,13-7-;;. The van der Waals surface area contributed by atoms with Crippen molar-refractivity contribution in [3.05, 3.63) is 39.8 Å². The Labute approximate surface area is 114 Å². The molecular weight excluding hydrogens is 216 g/mol. The zero-order valence-corrected chi connectivity index (χ0v) is 13.5. The molecule has 0 aliphatic carbocycles. The molecule has 0 amide bonds. The van der Waals surface area contributed by atoms with Gasteiger partial charge in [0.05, 0.1) is 0 Å². The van der Waals surface area contributed by atoms with E-state index >= 15 is 0 Å². The first-order valence-electron chi connectivity index (χ1n) is 7.09. The second kappa shape index (κ2) is 12.2. The van der Waals surface area contributed by atoms with Gasteiger partial charge in [0.2, 0.25) is 0 Å². The summed E-state index contributed by atoms with van der Waals surface area (Å²) < 4.78 is 0. The number of benzene rings is 1. The molecule has 0 saturated carbocycles. The summed E-state index contributed by atoms with van der Waals surface area (Å²) in [5, 5.41) is 2.63. The summed E-state index contributed by atoms with van der Waals surface area (Å²) in [6, 6.07) is 4.48. The number of hydrogen-bond acceptors (Lipinski definition) is 0. The fourth-order valence-corrected chi connectivity index (χ4v) is 1.62. The van der Waals surface area contributed by atoms with Gasteiger partial charge in [-0.15, -0.1) is 0 Å². The van der Waals surface area contributed by atoms with Gasteiger partial charge < -0.3 is 0 Å². The van der Waals surface area contributed by atoms with Crippen LogP contribution in [0.15, 0.2) is 18.2 Å². The minimum absolute atomic E-state index is 1.31. The van der Waals surface area contributed by atoms with Gasteiger partial charge in [0.25, 0.3) is 0 Å². The summed E-state index contributed by atoms with van der Waals surface area (Å²) >= 11 is 0. The van der Waals surface area contributed by atoms with Crippen molar-refractivity contribution in [2.45, 2.75) is 55.4 Å². The summed E-state index contributed by atoms with van der Waals surface area (Å²) in [5.41, 5.74) is 2.65. The van der Waals surface area contributed by atoms with Gasteiger partial charge in [0.15, 0.2) is 0 Å². The minimum atomic E-state index is 1.31. The van der Waals surface area contributed by atoms with Crippen LogP contribution in [0.2, 0.25) is 0 Å². The lowest BCUT2D eigenvalue weighted by molar-refractivity contribution is 1.37. The molecule has 0 nitrogen and oxygen atoms in total. The third-order valence-electron chi connectivity index (χ3n) is 2.44. The van der Waals surface area contributed by atoms with E-state index in [1.165, 1.54) is 21.6 Å². The van der Waals surface area contributed by atoms with Crippen LogP contribution in [0.5, 0.6) is 0 Å². The average Bonchev–Trinajstić information content (AvgIpc) is 2.45. The monoisotopic (exact) mass is 246 g/mol. The molecule has 1 aromatic carbocycles. The molecule has 0 aliphatic rings. The maximum Gasteiger partial charge on any atom is -0.0224 e. The van der Waals surface area contributed by atoms with Crippen molar-refractivity contribution in [3.8, 4) is 0 Å². The molecule has 0 aliphatic heterocycles. The summed E-state index contributed by atoms with van der Waals surface area (Å²) in [5.74, 6) is 0. The van der Waals surface area contributed by atoms with Gasteiger partial charge in [-0.05, 0) is 55.3 Å². The smallest absolute Gasteiger partial charge is 0.0224 e. The van der Waals surface area contributed by atoms with Crippen LogP contribution < -0.4 is 10.4 Å². The van der Waals surface area contributed by atoms with Crippen molar-refractivity contribution in [3.63, 3.8) is 0 Å². The van der Waals surface area contributed by atoms with Crippen LogP contribution in [0.1, 0.15) is 59.6 Å². The fourth-order valence-electron chi connectivity index (χ4n) is 1.62. The molecule has 0 heteroatoms. The van der Waals surface area contributed by atoms with E-state index in [1.54, 1.807) is 0 Å². The Morgan fingerprint density at radius 3 is 1.61 bits per heavy atom. The number of allylic oxidation sites excluding steroid dienone is 1. The Morgan fingerprint density at radius 2 is 1.22 bits per heavy atom. The molecule has 18 heavy (non-hydrogen) atoms. The topological polar surface area (TPSA) is 0 Å². The first-order chi connectivity index (χ1) is 8.72. The highest BCUT2D eigenvalue weighted by atomic mass is 14.0. The highest BCUT2D eigenvalue weighted by molar-refractivity contribution is 5.54. The van der Waals surface area contributed by atoms with Crippen molar-refractivity contribution in [2.24, 2.45) is 0 Å². The third-order valence-corrected chi connectivity index (χ3v) is 2.44. The van der Waals surface area contributed by atoms with E-state index in [2.05, 4.69) is 64.1 Å². The lowest BCUT2D eigenvalue weighted by atomic mass is 10.0. The largest absolute Gasteiger partial charge is 0.0871 e. The Morgan fingerprint density at radius 1 is 0.778 bits per heavy atom. The molecular formula is C18H30. The van der Waals surface area contributed by atoms with Crippen molar-refractivity contribution in [1.29, 1.82) is 0 Å². The molecule has 0 heterocycles. The van der Waals surface area contributed by atoms with Crippen LogP contribution in [-0.2, 0) is 0 Å². The third kappa shape index (κ3) is 5.86. The van der Waals surface area contributed by atoms with Crippen molar-refractivity contribution < 1.29 is 0 Å². The Balaban J connectivity index is 0. The lowest BCUT2D eigenvalue weighted by Gasteiger charge is -2.00.